The zero-order valence-electron chi connectivity index (χ0n) is 26.9. The zero-order chi connectivity index (χ0) is 30.5. The molecule has 0 aliphatic carbocycles. The Morgan fingerprint density at radius 1 is 0.688 bits per heavy atom. The van der Waals surface area contributed by atoms with Crippen LogP contribution in [0.3, 0.4) is 0 Å². The summed E-state index contributed by atoms with van der Waals surface area (Å²) in [5.41, 5.74) is 10.7. The first kappa shape index (κ1) is 33.6. The maximum absolute atomic E-state index is 5.16. The Labute approximate surface area is 275 Å². The van der Waals surface area contributed by atoms with Crippen LogP contribution >= 0.6 is 0 Å². The van der Waals surface area contributed by atoms with Crippen molar-refractivity contribution in [1.82, 2.24) is 49.3 Å². The molecule has 0 radical (unpaired) electrons. The van der Waals surface area contributed by atoms with E-state index in [4.69, 9.17) is 15.0 Å². The standard InChI is InChI=1S/C35H32N10.3H2O/c1-4-10-32-38-33-22(2)17-25(34-36-26-13-8-9-14-28(26)43(34)3)19-30(33)44(32)20-23-15-16-27-29(18-23)45(21-31-39-41-42-40-31)35(37-27)24-11-6-5-7-12-24;;;/h5-9,11-19H,4,10,20-21H2,1-3H3,(H,39,40,41,42);3*1H2. The minimum Gasteiger partial charge on any atom is -0.412 e. The van der Waals surface area contributed by atoms with Gasteiger partial charge in [-0.1, -0.05) is 55.5 Å². The van der Waals surface area contributed by atoms with Crippen molar-refractivity contribution in [1.29, 1.82) is 0 Å². The van der Waals surface area contributed by atoms with Gasteiger partial charge < -0.3 is 30.1 Å². The Hall–Kier alpha value is -5.76. The van der Waals surface area contributed by atoms with Gasteiger partial charge in [0.05, 0.1) is 39.6 Å². The molecule has 0 amide bonds. The molecule has 7 N–H and O–H groups in total. The number of hydrogen-bond acceptors (Lipinski definition) is 6. The molecule has 4 aromatic heterocycles. The Morgan fingerprint density at radius 3 is 2.19 bits per heavy atom. The third-order valence-electron chi connectivity index (χ3n) is 8.52. The first-order chi connectivity index (χ1) is 22.1. The smallest absolute Gasteiger partial charge is 0.168 e. The molecule has 246 valence electrons. The molecular formula is C35H38N10O3. The van der Waals surface area contributed by atoms with Crippen molar-refractivity contribution in [2.24, 2.45) is 7.05 Å². The van der Waals surface area contributed by atoms with E-state index < -0.39 is 0 Å². The molecule has 0 saturated carbocycles. The monoisotopic (exact) mass is 646 g/mol. The lowest BCUT2D eigenvalue weighted by Crippen LogP contribution is -2.07. The van der Waals surface area contributed by atoms with E-state index in [1.54, 1.807) is 0 Å². The Balaban J connectivity index is 0.00000150. The second-order valence-electron chi connectivity index (χ2n) is 11.6. The van der Waals surface area contributed by atoms with Gasteiger partial charge in [0.15, 0.2) is 5.82 Å². The number of nitrogens with one attached hydrogen (secondary N) is 1. The van der Waals surface area contributed by atoms with Crippen LogP contribution in [0.4, 0.5) is 0 Å². The molecule has 0 saturated heterocycles. The number of imidazole rings is 3. The first-order valence-corrected chi connectivity index (χ1v) is 15.3. The highest BCUT2D eigenvalue weighted by atomic mass is 16.0. The molecule has 8 rings (SSSR count). The molecule has 0 spiro atoms. The van der Waals surface area contributed by atoms with Crippen LogP contribution in [-0.4, -0.2) is 65.7 Å². The van der Waals surface area contributed by atoms with Crippen LogP contribution in [0.2, 0.25) is 0 Å². The molecular weight excluding hydrogens is 608 g/mol. The van der Waals surface area contributed by atoms with E-state index in [1.165, 1.54) is 5.56 Å². The lowest BCUT2D eigenvalue weighted by Gasteiger charge is -2.12. The highest BCUT2D eigenvalue weighted by molar-refractivity contribution is 5.87. The summed E-state index contributed by atoms with van der Waals surface area (Å²) in [7, 11) is 2.08. The maximum atomic E-state index is 5.16. The molecule has 13 nitrogen and oxygen atoms in total. The number of H-pyrrole nitrogens is 1. The van der Waals surface area contributed by atoms with E-state index in [1.807, 2.05) is 24.3 Å². The Kier molecular flexibility index (Phi) is 9.47. The van der Waals surface area contributed by atoms with Crippen LogP contribution in [0.1, 0.15) is 36.1 Å². The summed E-state index contributed by atoms with van der Waals surface area (Å²) in [6.07, 6.45) is 1.91. The predicted molar refractivity (Wildman–Crippen MR) is 187 cm³/mol. The fourth-order valence-corrected chi connectivity index (χ4v) is 6.38. The van der Waals surface area contributed by atoms with Crippen molar-refractivity contribution in [3.63, 3.8) is 0 Å². The van der Waals surface area contributed by atoms with Gasteiger partial charge in [0.25, 0.3) is 0 Å². The van der Waals surface area contributed by atoms with Gasteiger partial charge in [-0.05, 0) is 71.3 Å². The number of rotatable bonds is 8. The van der Waals surface area contributed by atoms with E-state index in [9.17, 15) is 0 Å². The molecule has 0 atom stereocenters. The first-order valence-electron chi connectivity index (χ1n) is 15.3. The minimum absolute atomic E-state index is 0. The summed E-state index contributed by atoms with van der Waals surface area (Å²) in [6.45, 7) is 5.51. The average molecular weight is 647 g/mol. The van der Waals surface area contributed by atoms with Gasteiger partial charge in [-0.15, -0.1) is 5.10 Å². The van der Waals surface area contributed by atoms with Crippen molar-refractivity contribution in [2.75, 3.05) is 0 Å². The molecule has 13 heteroatoms. The Morgan fingerprint density at radius 2 is 1.44 bits per heavy atom. The number of benzene rings is 4. The highest BCUT2D eigenvalue weighted by Crippen LogP contribution is 2.32. The number of tetrazole rings is 1. The SMILES string of the molecule is CCCc1nc2c(C)cc(-c3nc4ccccc4n3C)cc2n1Cc1ccc2nc(-c3ccccc3)n(Cc3nnn[nH]3)c2c1.O.O.O. The number of para-hydroxylation sites is 2. The van der Waals surface area contributed by atoms with E-state index in [0.717, 1.165) is 80.1 Å². The fourth-order valence-electron chi connectivity index (χ4n) is 6.38. The van der Waals surface area contributed by atoms with E-state index >= 15 is 0 Å². The van der Waals surface area contributed by atoms with Crippen LogP contribution in [0.25, 0.3) is 55.9 Å². The van der Waals surface area contributed by atoms with Crippen molar-refractivity contribution in [2.45, 2.75) is 39.8 Å². The number of aromatic nitrogens is 10. The number of nitrogens with zero attached hydrogens (tertiary/aromatic N) is 9. The second kappa shape index (κ2) is 13.5. The largest absolute Gasteiger partial charge is 0.412 e. The number of aryl methyl sites for hydroxylation is 3. The maximum Gasteiger partial charge on any atom is 0.168 e. The number of aromatic amines is 1. The molecule has 48 heavy (non-hydrogen) atoms. The molecule has 0 fully saturated rings. The molecule has 0 aliphatic rings. The molecule has 4 aromatic carbocycles. The van der Waals surface area contributed by atoms with Crippen molar-refractivity contribution >= 4 is 33.1 Å². The van der Waals surface area contributed by atoms with E-state index in [0.29, 0.717) is 18.9 Å². The van der Waals surface area contributed by atoms with Gasteiger partial charge >= 0.3 is 0 Å². The summed E-state index contributed by atoms with van der Waals surface area (Å²) in [5.74, 6) is 3.59. The summed E-state index contributed by atoms with van der Waals surface area (Å²) < 4.78 is 6.73. The van der Waals surface area contributed by atoms with E-state index in [-0.39, 0.29) is 16.4 Å². The molecule has 4 heterocycles. The summed E-state index contributed by atoms with van der Waals surface area (Å²) in [6, 6.07) is 29.5. The quantitative estimate of drug-likeness (QED) is 0.258. The average Bonchev–Trinajstić information content (AvgIpc) is 3.85. The van der Waals surface area contributed by atoms with Crippen LogP contribution in [0, 0.1) is 6.92 Å². The topological polar surface area (TPSA) is 202 Å². The van der Waals surface area contributed by atoms with E-state index in [2.05, 4.69) is 116 Å². The second-order valence-corrected chi connectivity index (χ2v) is 11.6. The van der Waals surface area contributed by atoms with Crippen molar-refractivity contribution in [3.8, 4) is 22.8 Å². The zero-order valence-corrected chi connectivity index (χ0v) is 26.9. The Bertz CT molecular complexity index is 2320. The predicted octanol–water partition coefficient (Wildman–Crippen LogP) is 4.00. The van der Waals surface area contributed by atoms with Crippen LogP contribution in [0.5, 0.6) is 0 Å². The third kappa shape index (κ3) is 5.70. The van der Waals surface area contributed by atoms with Crippen molar-refractivity contribution < 1.29 is 16.4 Å². The summed E-state index contributed by atoms with van der Waals surface area (Å²) in [4.78, 5) is 15.2. The fraction of sp³-hybridized carbons (Fsp3) is 0.200. The molecule has 0 unspecified atom stereocenters. The third-order valence-corrected chi connectivity index (χ3v) is 8.52. The van der Waals surface area contributed by atoms with Gasteiger partial charge in [-0.3, -0.25) is 0 Å². The van der Waals surface area contributed by atoms with Crippen LogP contribution in [0.15, 0.2) is 84.9 Å². The number of hydrogen-bond donors (Lipinski definition) is 1. The minimum atomic E-state index is 0. The van der Waals surface area contributed by atoms with Crippen LogP contribution < -0.4 is 0 Å². The van der Waals surface area contributed by atoms with Gasteiger partial charge in [-0.25, -0.2) is 20.1 Å². The highest BCUT2D eigenvalue weighted by Gasteiger charge is 2.19. The van der Waals surface area contributed by atoms with Crippen molar-refractivity contribution in [3.05, 3.63) is 108 Å². The summed E-state index contributed by atoms with van der Waals surface area (Å²) >= 11 is 0. The normalized spacial score (nSPS) is 11.1. The lowest BCUT2D eigenvalue weighted by atomic mass is 10.1. The molecule has 0 bridgehead atoms. The lowest BCUT2D eigenvalue weighted by molar-refractivity contribution is 0.721. The van der Waals surface area contributed by atoms with Gasteiger partial charge in [0.2, 0.25) is 0 Å². The number of fused-ring (bicyclic) bond motifs is 3. The van der Waals surface area contributed by atoms with Gasteiger partial charge in [0, 0.05) is 31.1 Å². The van der Waals surface area contributed by atoms with Gasteiger partial charge in [-0.2, -0.15) is 0 Å². The van der Waals surface area contributed by atoms with Gasteiger partial charge in [0.1, 0.15) is 17.5 Å². The van der Waals surface area contributed by atoms with Crippen LogP contribution in [-0.2, 0) is 26.6 Å². The molecule has 0 aliphatic heterocycles. The molecule has 8 aromatic rings. The summed E-state index contributed by atoms with van der Waals surface area (Å²) in [5, 5.41) is 14.7.